The number of ether oxygens (including phenoxy) is 2. The van der Waals surface area contributed by atoms with E-state index in [1.165, 1.54) is 19.4 Å². The van der Waals surface area contributed by atoms with Crippen LogP contribution >= 0.6 is 0 Å². The second-order valence-electron chi connectivity index (χ2n) is 5.16. The van der Waals surface area contributed by atoms with Crippen LogP contribution in [0.15, 0.2) is 24.3 Å². The molecule has 1 aliphatic heterocycles. The molecule has 92 valence electrons. The molecule has 3 atom stereocenters. The summed E-state index contributed by atoms with van der Waals surface area (Å²) in [7, 11) is 3.90. The maximum atomic E-state index is 6.09. The topological polar surface area (TPSA) is 21.7 Å². The van der Waals surface area contributed by atoms with E-state index >= 15 is 0 Å². The van der Waals surface area contributed by atoms with Gasteiger partial charge in [-0.25, -0.2) is 0 Å². The van der Waals surface area contributed by atoms with Gasteiger partial charge in [-0.1, -0.05) is 6.07 Å². The molecule has 1 aromatic rings. The average Bonchev–Trinajstić information content (AvgIpc) is 2.88. The first-order valence-electron chi connectivity index (χ1n) is 6.27. The second-order valence-corrected chi connectivity index (χ2v) is 5.16. The van der Waals surface area contributed by atoms with Crippen LogP contribution in [0.25, 0.3) is 0 Å². The third-order valence-electron chi connectivity index (χ3n) is 4.08. The molecule has 2 fully saturated rings. The number of hydrogen-bond acceptors (Lipinski definition) is 3. The molecular weight excluding hydrogens is 214 g/mol. The molecule has 0 amide bonds. The van der Waals surface area contributed by atoms with Gasteiger partial charge < -0.3 is 14.4 Å². The van der Waals surface area contributed by atoms with Crippen molar-refractivity contribution in [3.05, 3.63) is 24.3 Å². The Morgan fingerprint density at radius 1 is 1.24 bits per heavy atom. The number of fused-ring (bicyclic) bond motifs is 2. The molecule has 3 rings (SSSR count). The Balaban J connectivity index is 1.68. The van der Waals surface area contributed by atoms with Crippen LogP contribution in [0.3, 0.4) is 0 Å². The van der Waals surface area contributed by atoms with Gasteiger partial charge >= 0.3 is 0 Å². The van der Waals surface area contributed by atoms with E-state index in [1.807, 2.05) is 24.3 Å². The van der Waals surface area contributed by atoms with Gasteiger partial charge in [-0.3, -0.25) is 0 Å². The van der Waals surface area contributed by atoms with Crippen molar-refractivity contribution in [1.29, 1.82) is 0 Å². The van der Waals surface area contributed by atoms with E-state index in [0.29, 0.717) is 12.0 Å². The predicted octanol–water partition coefficient (Wildman–Crippen LogP) is 2.17. The van der Waals surface area contributed by atoms with E-state index in [9.17, 15) is 0 Å². The smallest absolute Gasteiger partial charge is 0.123 e. The van der Waals surface area contributed by atoms with Crippen molar-refractivity contribution in [2.24, 2.45) is 5.92 Å². The van der Waals surface area contributed by atoms with Crippen molar-refractivity contribution in [1.82, 2.24) is 4.90 Å². The molecule has 3 unspecified atom stereocenters. The molecule has 1 aromatic carbocycles. The quantitative estimate of drug-likeness (QED) is 0.798. The second kappa shape index (κ2) is 4.22. The molecule has 1 saturated carbocycles. The Morgan fingerprint density at radius 3 is 2.71 bits per heavy atom. The Morgan fingerprint density at radius 2 is 2.06 bits per heavy atom. The lowest BCUT2D eigenvalue weighted by atomic mass is 10.1. The van der Waals surface area contributed by atoms with Crippen LogP contribution in [-0.4, -0.2) is 37.7 Å². The normalized spacial score (nSPS) is 31.8. The molecule has 2 aliphatic rings. The average molecular weight is 233 g/mol. The van der Waals surface area contributed by atoms with Gasteiger partial charge in [-0.15, -0.1) is 0 Å². The lowest BCUT2D eigenvalue weighted by molar-refractivity contribution is 0.105. The Bertz CT molecular complexity index is 405. The fourth-order valence-corrected chi connectivity index (χ4v) is 3.12. The van der Waals surface area contributed by atoms with Gasteiger partial charge in [0.05, 0.1) is 7.11 Å². The summed E-state index contributed by atoms with van der Waals surface area (Å²) in [5.74, 6) is 2.50. The van der Waals surface area contributed by atoms with Crippen LogP contribution in [0, 0.1) is 5.92 Å². The fraction of sp³-hybridized carbons (Fsp3) is 0.571. The van der Waals surface area contributed by atoms with Crippen molar-refractivity contribution >= 4 is 0 Å². The van der Waals surface area contributed by atoms with Crippen LogP contribution in [0.2, 0.25) is 0 Å². The van der Waals surface area contributed by atoms with Crippen molar-refractivity contribution in [3.8, 4) is 11.5 Å². The van der Waals surface area contributed by atoms with Crippen molar-refractivity contribution < 1.29 is 9.47 Å². The Hall–Kier alpha value is -1.22. The highest BCUT2D eigenvalue weighted by molar-refractivity contribution is 5.33. The van der Waals surface area contributed by atoms with Crippen molar-refractivity contribution in [3.63, 3.8) is 0 Å². The molecular formula is C14H19NO2. The Kier molecular flexibility index (Phi) is 2.71. The molecule has 0 spiro atoms. The monoisotopic (exact) mass is 233 g/mol. The summed E-state index contributed by atoms with van der Waals surface area (Å²) in [6.45, 7) is 1.18. The summed E-state index contributed by atoms with van der Waals surface area (Å²) < 4.78 is 11.3. The van der Waals surface area contributed by atoms with Gasteiger partial charge in [0.1, 0.15) is 17.6 Å². The largest absolute Gasteiger partial charge is 0.497 e. The molecule has 0 aromatic heterocycles. The van der Waals surface area contributed by atoms with Crippen LogP contribution in [-0.2, 0) is 0 Å². The first-order valence-corrected chi connectivity index (χ1v) is 6.27. The molecule has 0 N–H and O–H groups in total. The molecule has 3 heteroatoms. The van der Waals surface area contributed by atoms with Gasteiger partial charge in [0.15, 0.2) is 0 Å². The minimum absolute atomic E-state index is 0.392. The fourth-order valence-electron chi connectivity index (χ4n) is 3.12. The predicted molar refractivity (Wildman–Crippen MR) is 66.6 cm³/mol. The highest BCUT2D eigenvalue weighted by Crippen LogP contribution is 2.39. The van der Waals surface area contributed by atoms with Gasteiger partial charge in [-0.2, -0.15) is 0 Å². The van der Waals surface area contributed by atoms with Gasteiger partial charge in [0.2, 0.25) is 0 Å². The van der Waals surface area contributed by atoms with Crippen molar-refractivity contribution in [2.45, 2.75) is 25.0 Å². The number of methoxy groups -OCH3 is 1. The molecule has 1 aliphatic carbocycles. The van der Waals surface area contributed by atoms with Crippen molar-refractivity contribution in [2.75, 3.05) is 20.7 Å². The third-order valence-corrected chi connectivity index (χ3v) is 4.08. The highest BCUT2D eigenvalue weighted by atomic mass is 16.5. The van der Waals surface area contributed by atoms with Crippen LogP contribution in [0.5, 0.6) is 11.5 Å². The zero-order valence-corrected chi connectivity index (χ0v) is 10.4. The summed E-state index contributed by atoms with van der Waals surface area (Å²) in [4.78, 5) is 2.45. The maximum Gasteiger partial charge on any atom is 0.123 e. The summed E-state index contributed by atoms with van der Waals surface area (Å²) >= 11 is 0. The first kappa shape index (κ1) is 10.9. The first-order chi connectivity index (χ1) is 8.26. The summed E-state index contributed by atoms with van der Waals surface area (Å²) in [5.41, 5.74) is 0. The molecule has 1 saturated heterocycles. The van der Waals surface area contributed by atoms with E-state index in [1.54, 1.807) is 7.11 Å². The maximum absolute atomic E-state index is 6.09. The molecule has 3 nitrogen and oxygen atoms in total. The number of likely N-dealkylation sites (tertiary alicyclic amines) is 1. The van der Waals surface area contributed by atoms with Gasteiger partial charge in [-0.05, 0) is 25.6 Å². The lowest BCUT2D eigenvalue weighted by Gasteiger charge is -2.28. The van der Waals surface area contributed by atoms with E-state index in [4.69, 9.17) is 9.47 Å². The summed E-state index contributed by atoms with van der Waals surface area (Å²) in [6, 6.07) is 8.64. The van der Waals surface area contributed by atoms with E-state index in [0.717, 1.165) is 17.5 Å². The third kappa shape index (κ3) is 2.00. The van der Waals surface area contributed by atoms with Crippen LogP contribution in [0.1, 0.15) is 12.8 Å². The highest BCUT2D eigenvalue weighted by Gasteiger charge is 2.44. The molecule has 1 heterocycles. The lowest BCUT2D eigenvalue weighted by Crippen LogP contribution is -2.37. The number of rotatable bonds is 3. The molecule has 0 radical (unpaired) electrons. The number of nitrogens with zero attached hydrogens (tertiary/aromatic N) is 1. The van der Waals surface area contributed by atoms with E-state index < -0.39 is 0 Å². The van der Waals surface area contributed by atoms with E-state index in [2.05, 4.69) is 11.9 Å². The Labute approximate surface area is 102 Å². The van der Waals surface area contributed by atoms with Crippen LogP contribution < -0.4 is 9.47 Å². The summed E-state index contributed by atoms with van der Waals surface area (Å²) in [5, 5.41) is 0. The molecule has 17 heavy (non-hydrogen) atoms. The SMILES string of the molecule is COc1cccc(OC2CC3CC2CN3C)c1. The zero-order chi connectivity index (χ0) is 11.8. The van der Waals surface area contributed by atoms with Crippen LogP contribution in [0.4, 0.5) is 0 Å². The standard InChI is InChI=1S/C14H19NO2/c1-15-9-10-6-11(15)7-14(10)17-13-5-3-4-12(8-13)16-2/h3-5,8,10-11,14H,6-7,9H2,1-2H3. The summed E-state index contributed by atoms with van der Waals surface area (Å²) in [6.07, 6.45) is 2.85. The van der Waals surface area contributed by atoms with Gasteiger partial charge in [0.25, 0.3) is 0 Å². The zero-order valence-electron chi connectivity index (χ0n) is 10.4. The van der Waals surface area contributed by atoms with E-state index in [-0.39, 0.29) is 0 Å². The number of benzene rings is 1. The number of hydrogen-bond donors (Lipinski definition) is 0. The number of piperidine rings is 1. The molecule has 2 bridgehead atoms. The minimum atomic E-state index is 0.392. The van der Waals surface area contributed by atoms with Gasteiger partial charge in [0, 0.05) is 31.0 Å². The minimum Gasteiger partial charge on any atom is -0.497 e.